The zero-order chi connectivity index (χ0) is 16.9. The summed E-state index contributed by atoms with van der Waals surface area (Å²) in [6, 6.07) is 14.5. The molecule has 1 heterocycles. The molecule has 6 heteroatoms. The average molecular weight is 343 g/mol. The van der Waals surface area contributed by atoms with Gasteiger partial charge < -0.3 is 4.74 Å². The number of hydrazone groups is 1. The molecule has 0 spiro atoms. The third-order valence-corrected chi connectivity index (χ3v) is 4.67. The second-order valence-electron chi connectivity index (χ2n) is 5.29. The van der Waals surface area contributed by atoms with E-state index in [1.807, 2.05) is 37.4 Å². The van der Waals surface area contributed by atoms with Gasteiger partial charge in [0.2, 0.25) is 0 Å². The number of hydrogen-bond donors (Lipinski definition) is 0. The highest BCUT2D eigenvalue weighted by Crippen LogP contribution is 2.26. The third-order valence-electron chi connectivity index (χ3n) is 3.60. The van der Waals surface area contributed by atoms with Crippen molar-refractivity contribution in [1.82, 2.24) is 5.01 Å². The number of hydrogen-bond acceptors (Lipinski definition) is 4. The van der Waals surface area contributed by atoms with E-state index in [-0.39, 0.29) is 5.82 Å². The smallest absolute Gasteiger partial charge is 0.180 e. The number of thioether (sulfide) groups is 1. The Morgan fingerprint density at radius 2 is 2.04 bits per heavy atom. The Balaban J connectivity index is 1.80. The van der Waals surface area contributed by atoms with Crippen molar-refractivity contribution in [1.29, 1.82) is 0 Å². The zero-order valence-corrected chi connectivity index (χ0v) is 14.4. The van der Waals surface area contributed by atoms with Crippen molar-refractivity contribution in [3.8, 4) is 5.75 Å². The molecule has 3 rings (SSSR count). The number of rotatable bonds is 4. The lowest BCUT2D eigenvalue weighted by Crippen LogP contribution is -2.28. The predicted molar refractivity (Wildman–Crippen MR) is 97.3 cm³/mol. The second-order valence-corrected chi connectivity index (χ2v) is 6.23. The van der Waals surface area contributed by atoms with Crippen LogP contribution in [0.3, 0.4) is 0 Å². The molecule has 0 fully saturated rings. The van der Waals surface area contributed by atoms with E-state index in [4.69, 9.17) is 4.74 Å². The highest BCUT2D eigenvalue weighted by molar-refractivity contribution is 8.14. The summed E-state index contributed by atoms with van der Waals surface area (Å²) in [6.07, 6.45) is 0. The first-order chi connectivity index (χ1) is 11.7. The van der Waals surface area contributed by atoms with Crippen molar-refractivity contribution < 1.29 is 9.13 Å². The maximum absolute atomic E-state index is 13.6. The van der Waals surface area contributed by atoms with Gasteiger partial charge in [-0.05, 0) is 23.8 Å². The summed E-state index contributed by atoms with van der Waals surface area (Å²) >= 11 is 1.59. The minimum Gasteiger partial charge on any atom is -0.496 e. The minimum atomic E-state index is -0.301. The zero-order valence-electron chi connectivity index (χ0n) is 13.6. The van der Waals surface area contributed by atoms with Crippen LogP contribution >= 0.6 is 11.8 Å². The van der Waals surface area contributed by atoms with Crippen LogP contribution in [0.1, 0.15) is 11.1 Å². The highest BCUT2D eigenvalue weighted by atomic mass is 32.2. The molecule has 1 aliphatic heterocycles. The van der Waals surface area contributed by atoms with Gasteiger partial charge in [0.15, 0.2) is 5.17 Å². The van der Waals surface area contributed by atoms with Crippen molar-refractivity contribution in [3.63, 3.8) is 0 Å². The summed E-state index contributed by atoms with van der Waals surface area (Å²) in [4.78, 5) is 4.62. The van der Waals surface area contributed by atoms with Crippen molar-refractivity contribution >= 4 is 22.6 Å². The Morgan fingerprint density at radius 3 is 2.75 bits per heavy atom. The highest BCUT2D eigenvalue weighted by Gasteiger charge is 2.20. The fourth-order valence-electron chi connectivity index (χ4n) is 2.41. The summed E-state index contributed by atoms with van der Waals surface area (Å²) in [5, 5.41) is 7.13. The van der Waals surface area contributed by atoms with Crippen molar-refractivity contribution in [2.45, 2.75) is 6.54 Å². The average Bonchev–Trinajstić information content (AvgIpc) is 2.61. The summed E-state index contributed by atoms with van der Waals surface area (Å²) in [5.74, 6) is 0.941. The summed E-state index contributed by atoms with van der Waals surface area (Å²) < 4.78 is 18.9. The van der Waals surface area contributed by atoms with Gasteiger partial charge in [-0.1, -0.05) is 42.1 Å². The topological polar surface area (TPSA) is 37.2 Å². The number of ether oxygens (including phenoxy) is 1. The fourth-order valence-corrected chi connectivity index (χ4v) is 3.27. The van der Waals surface area contributed by atoms with E-state index in [2.05, 4.69) is 10.1 Å². The molecule has 0 saturated heterocycles. The molecule has 24 heavy (non-hydrogen) atoms. The summed E-state index contributed by atoms with van der Waals surface area (Å²) in [7, 11) is 3.42. The van der Waals surface area contributed by atoms with Crippen LogP contribution in [-0.2, 0) is 6.54 Å². The van der Waals surface area contributed by atoms with E-state index >= 15 is 0 Å². The lowest BCUT2D eigenvalue weighted by atomic mass is 10.1. The monoisotopic (exact) mass is 343 g/mol. The first-order valence-electron chi connectivity index (χ1n) is 7.53. The van der Waals surface area contributed by atoms with Crippen LogP contribution < -0.4 is 4.74 Å². The molecule has 0 amide bonds. The van der Waals surface area contributed by atoms with Crippen LogP contribution in [0.4, 0.5) is 4.39 Å². The molecule has 2 aromatic carbocycles. The van der Waals surface area contributed by atoms with Crippen molar-refractivity contribution in [2.24, 2.45) is 10.1 Å². The van der Waals surface area contributed by atoms with E-state index in [9.17, 15) is 4.39 Å². The number of nitrogens with zero attached hydrogens (tertiary/aromatic N) is 3. The molecule has 0 atom stereocenters. The van der Waals surface area contributed by atoms with E-state index in [1.165, 1.54) is 12.1 Å². The molecule has 0 radical (unpaired) electrons. The van der Waals surface area contributed by atoms with Crippen LogP contribution in [0.5, 0.6) is 5.75 Å². The summed E-state index contributed by atoms with van der Waals surface area (Å²) in [5.41, 5.74) is 2.61. The Morgan fingerprint density at radius 1 is 1.25 bits per heavy atom. The summed E-state index contributed by atoms with van der Waals surface area (Å²) in [6.45, 7) is 0.613. The first kappa shape index (κ1) is 16.5. The van der Waals surface area contributed by atoms with Crippen LogP contribution in [-0.4, -0.2) is 35.8 Å². The van der Waals surface area contributed by atoms with Gasteiger partial charge in [-0.25, -0.2) is 9.40 Å². The van der Waals surface area contributed by atoms with Crippen LogP contribution in [0.2, 0.25) is 0 Å². The van der Waals surface area contributed by atoms with Gasteiger partial charge in [0.1, 0.15) is 11.6 Å². The predicted octanol–water partition coefficient (Wildman–Crippen LogP) is 3.77. The lowest BCUT2D eigenvalue weighted by molar-refractivity contribution is 0.412. The maximum atomic E-state index is 13.6. The van der Waals surface area contributed by atoms with Gasteiger partial charge in [-0.3, -0.25) is 4.99 Å². The molecule has 4 nitrogen and oxygen atoms in total. The Labute approximate surface area is 145 Å². The number of amidine groups is 1. The van der Waals surface area contributed by atoms with Crippen molar-refractivity contribution in [3.05, 3.63) is 65.5 Å². The van der Waals surface area contributed by atoms with Crippen LogP contribution in [0.15, 0.2) is 58.6 Å². The minimum absolute atomic E-state index is 0.301. The Bertz CT molecular complexity index is 777. The van der Waals surface area contributed by atoms with Gasteiger partial charge in [0.05, 0.1) is 19.4 Å². The van der Waals surface area contributed by atoms with Crippen LogP contribution in [0, 0.1) is 5.82 Å². The normalized spacial score (nSPS) is 16.2. The Hall–Kier alpha value is -2.34. The molecule has 0 aliphatic carbocycles. The first-order valence-corrected chi connectivity index (χ1v) is 8.52. The third kappa shape index (κ3) is 3.76. The molecular weight excluding hydrogens is 325 g/mol. The fraction of sp³-hybridized carbons (Fsp3) is 0.222. The second kappa shape index (κ2) is 7.49. The molecule has 1 aliphatic rings. The van der Waals surface area contributed by atoms with E-state index in [0.717, 1.165) is 16.4 Å². The number of benzene rings is 2. The van der Waals surface area contributed by atoms with Gasteiger partial charge in [0, 0.05) is 18.4 Å². The van der Waals surface area contributed by atoms with Gasteiger partial charge in [-0.2, -0.15) is 5.10 Å². The molecule has 0 aromatic heterocycles. The number of aliphatic imine (C=N–C) groups is 1. The van der Waals surface area contributed by atoms with E-state index in [1.54, 1.807) is 29.9 Å². The van der Waals surface area contributed by atoms with Gasteiger partial charge in [-0.15, -0.1) is 0 Å². The van der Waals surface area contributed by atoms with E-state index < -0.39 is 0 Å². The largest absolute Gasteiger partial charge is 0.496 e. The molecule has 0 bridgehead atoms. The molecule has 2 aromatic rings. The van der Waals surface area contributed by atoms with Gasteiger partial charge >= 0.3 is 0 Å². The van der Waals surface area contributed by atoms with Crippen molar-refractivity contribution in [2.75, 3.05) is 19.9 Å². The lowest BCUT2D eigenvalue weighted by Gasteiger charge is -2.23. The maximum Gasteiger partial charge on any atom is 0.180 e. The SMILES string of the molecule is COc1ccc(F)cc1C1=NN(C)C(=NCc2ccccc2)SC1. The van der Waals surface area contributed by atoms with Crippen LogP contribution in [0.25, 0.3) is 0 Å². The Kier molecular flexibility index (Phi) is 5.15. The molecule has 0 unspecified atom stereocenters. The molecule has 0 saturated carbocycles. The molecular formula is C18H18FN3OS. The standard InChI is InChI=1S/C18H18FN3OS/c1-22-18(20-11-13-6-4-3-5-7-13)24-12-16(21-22)15-10-14(19)8-9-17(15)23-2/h3-10H,11-12H2,1-2H3. The number of methoxy groups -OCH3 is 1. The molecule has 0 N–H and O–H groups in total. The van der Waals surface area contributed by atoms with Gasteiger partial charge in [0.25, 0.3) is 0 Å². The van der Waals surface area contributed by atoms with E-state index in [0.29, 0.717) is 23.6 Å². The molecule has 124 valence electrons. The number of halogens is 1. The quantitative estimate of drug-likeness (QED) is 0.848.